The Balaban J connectivity index is 1.40. The second kappa shape index (κ2) is 8.90. The van der Waals surface area contributed by atoms with Crippen molar-refractivity contribution in [1.29, 1.82) is 0 Å². The van der Waals surface area contributed by atoms with Gasteiger partial charge in [-0.05, 0) is 48.4 Å². The first-order valence-electron chi connectivity index (χ1n) is 10.8. The molecule has 0 aliphatic carbocycles. The van der Waals surface area contributed by atoms with E-state index in [1.807, 2.05) is 43.6 Å². The zero-order valence-corrected chi connectivity index (χ0v) is 18.0. The highest BCUT2D eigenvalue weighted by molar-refractivity contribution is 6.13. The Morgan fingerprint density at radius 1 is 1.09 bits per heavy atom. The van der Waals surface area contributed by atoms with Crippen LogP contribution >= 0.6 is 0 Å². The van der Waals surface area contributed by atoms with Gasteiger partial charge >= 0.3 is 0 Å². The molecule has 7 nitrogen and oxygen atoms in total. The number of pyridine rings is 2. The summed E-state index contributed by atoms with van der Waals surface area (Å²) in [7, 11) is 0. The van der Waals surface area contributed by atoms with Gasteiger partial charge in [-0.1, -0.05) is 6.07 Å². The van der Waals surface area contributed by atoms with Crippen molar-refractivity contribution < 1.29 is 9.53 Å². The highest BCUT2D eigenvalue weighted by Gasteiger charge is 2.15. The van der Waals surface area contributed by atoms with E-state index in [-0.39, 0.29) is 5.91 Å². The number of carbonyl (C=O) groups is 1. The number of aromatic amines is 1. The van der Waals surface area contributed by atoms with Crippen molar-refractivity contribution in [3.8, 4) is 11.1 Å². The van der Waals surface area contributed by atoms with Crippen molar-refractivity contribution in [3.63, 3.8) is 0 Å². The molecule has 3 aromatic heterocycles. The molecule has 0 unspecified atom stereocenters. The third kappa shape index (κ3) is 4.39. The predicted octanol–water partition coefficient (Wildman–Crippen LogP) is 4.02. The lowest BCUT2D eigenvalue weighted by molar-refractivity contribution is 0.0341. The van der Waals surface area contributed by atoms with Crippen LogP contribution in [0.25, 0.3) is 22.0 Å². The molecule has 0 bridgehead atoms. The van der Waals surface area contributed by atoms with Crippen molar-refractivity contribution >= 4 is 22.5 Å². The van der Waals surface area contributed by atoms with E-state index in [0.717, 1.165) is 60.6 Å². The fraction of sp³-hybridized carbons (Fsp3) is 0.240. The molecule has 5 rings (SSSR count). The molecule has 1 aliphatic rings. The maximum atomic E-state index is 12.9. The summed E-state index contributed by atoms with van der Waals surface area (Å²) in [5.41, 5.74) is 6.32. The van der Waals surface area contributed by atoms with Gasteiger partial charge in [-0.15, -0.1) is 0 Å². The van der Waals surface area contributed by atoms with Crippen molar-refractivity contribution in [2.45, 2.75) is 13.5 Å². The number of morpholine rings is 1. The average Bonchev–Trinajstić information content (AvgIpc) is 3.25. The lowest BCUT2D eigenvalue weighted by atomic mass is 10.0. The quantitative estimate of drug-likeness (QED) is 0.503. The molecule has 0 spiro atoms. The van der Waals surface area contributed by atoms with Crippen molar-refractivity contribution in [2.75, 3.05) is 31.6 Å². The number of amides is 1. The van der Waals surface area contributed by atoms with E-state index in [1.54, 1.807) is 12.4 Å². The van der Waals surface area contributed by atoms with E-state index < -0.39 is 0 Å². The summed E-state index contributed by atoms with van der Waals surface area (Å²) in [4.78, 5) is 27.2. The first-order valence-corrected chi connectivity index (χ1v) is 10.8. The Kier molecular flexibility index (Phi) is 5.66. The summed E-state index contributed by atoms with van der Waals surface area (Å²) < 4.78 is 5.44. The van der Waals surface area contributed by atoms with Crippen LogP contribution in [-0.4, -0.2) is 52.1 Å². The van der Waals surface area contributed by atoms with E-state index in [2.05, 4.69) is 37.3 Å². The SMILES string of the molecule is Cc1ccc(NC(=O)c2c[nH]c3ccc(-c4cncc(CN5CCOCC5)c4)cc23)cn1. The molecule has 1 aliphatic heterocycles. The fourth-order valence-corrected chi connectivity index (χ4v) is 3.98. The van der Waals surface area contributed by atoms with Crippen molar-refractivity contribution in [2.24, 2.45) is 0 Å². The molecule has 32 heavy (non-hydrogen) atoms. The Morgan fingerprint density at radius 2 is 1.97 bits per heavy atom. The van der Waals surface area contributed by atoms with Gasteiger partial charge in [0.1, 0.15) is 0 Å². The number of fused-ring (bicyclic) bond motifs is 1. The second-order valence-electron chi connectivity index (χ2n) is 8.08. The normalized spacial score (nSPS) is 14.5. The minimum Gasteiger partial charge on any atom is -0.379 e. The van der Waals surface area contributed by atoms with Gasteiger partial charge in [-0.25, -0.2) is 0 Å². The Morgan fingerprint density at radius 3 is 2.78 bits per heavy atom. The number of aromatic nitrogens is 3. The van der Waals surface area contributed by atoms with E-state index in [0.29, 0.717) is 11.3 Å². The summed E-state index contributed by atoms with van der Waals surface area (Å²) in [5.74, 6) is -0.168. The van der Waals surface area contributed by atoms with Crippen LogP contribution in [0.2, 0.25) is 0 Å². The molecule has 4 aromatic rings. The average molecular weight is 428 g/mol. The molecule has 2 N–H and O–H groups in total. The smallest absolute Gasteiger partial charge is 0.257 e. The van der Waals surface area contributed by atoms with Crippen LogP contribution in [0, 0.1) is 6.92 Å². The number of carbonyl (C=O) groups excluding carboxylic acids is 1. The molecule has 1 amide bonds. The number of nitrogens with zero attached hydrogens (tertiary/aromatic N) is 3. The van der Waals surface area contributed by atoms with Gasteiger partial charge in [-0.3, -0.25) is 19.7 Å². The Labute approximate surface area is 186 Å². The number of anilines is 1. The maximum absolute atomic E-state index is 12.9. The zero-order chi connectivity index (χ0) is 21.9. The molecule has 0 saturated carbocycles. The van der Waals surface area contributed by atoms with Gasteiger partial charge in [-0.2, -0.15) is 0 Å². The van der Waals surface area contributed by atoms with Crippen LogP contribution in [0.1, 0.15) is 21.6 Å². The number of nitrogens with one attached hydrogen (secondary N) is 2. The number of H-pyrrole nitrogens is 1. The van der Waals surface area contributed by atoms with Gasteiger partial charge in [0.2, 0.25) is 0 Å². The van der Waals surface area contributed by atoms with Gasteiger partial charge in [0, 0.05) is 60.4 Å². The fourth-order valence-electron chi connectivity index (χ4n) is 3.98. The summed E-state index contributed by atoms with van der Waals surface area (Å²) in [5, 5.41) is 3.80. The topological polar surface area (TPSA) is 83.1 Å². The first-order chi connectivity index (χ1) is 15.7. The molecule has 1 fully saturated rings. The molecule has 4 heterocycles. The highest BCUT2D eigenvalue weighted by atomic mass is 16.5. The van der Waals surface area contributed by atoms with Crippen LogP contribution in [0.3, 0.4) is 0 Å². The third-order valence-corrected chi connectivity index (χ3v) is 5.73. The largest absolute Gasteiger partial charge is 0.379 e. The standard InChI is InChI=1S/C25H25N5O2/c1-17-2-4-21(14-27-17)29-25(31)23-15-28-24-5-3-19(11-22(23)24)20-10-18(12-26-13-20)16-30-6-8-32-9-7-30/h2-5,10-15,28H,6-9,16H2,1H3,(H,29,31). The van der Waals surface area contributed by atoms with Gasteiger partial charge in [0.05, 0.1) is 30.7 Å². The van der Waals surface area contributed by atoms with Gasteiger partial charge in [0.15, 0.2) is 0 Å². The molecular weight excluding hydrogens is 402 g/mol. The van der Waals surface area contributed by atoms with E-state index in [4.69, 9.17) is 4.74 Å². The maximum Gasteiger partial charge on any atom is 0.257 e. The number of rotatable bonds is 5. The van der Waals surface area contributed by atoms with E-state index in [1.165, 1.54) is 5.56 Å². The molecule has 1 saturated heterocycles. The molecule has 0 atom stereocenters. The summed E-state index contributed by atoms with van der Waals surface area (Å²) in [6.45, 7) is 6.21. The number of ether oxygens (including phenoxy) is 1. The highest BCUT2D eigenvalue weighted by Crippen LogP contribution is 2.27. The van der Waals surface area contributed by atoms with Crippen molar-refractivity contribution in [3.05, 3.63) is 78.0 Å². The zero-order valence-electron chi connectivity index (χ0n) is 18.0. The monoisotopic (exact) mass is 427 g/mol. The minimum absolute atomic E-state index is 0.168. The third-order valence-electron chi connectivity index (χ3n) is 5.73. The van der Waals surface area contributed by atoms with E-state index >= 15 is 0 Å². The number of benzene rings is 1. The Hall–Kier alpha value is -3.55. The lowest BCUT2D eigenvalue weighted by Gasteiger charge is -2.26. The van der Waals surface area contributed by atoms with Crippen LogP contribution in [0.4, 0.5) is 5.69 Å². The molecular formula is C25H25N5O2. The van der Waals surface area contributed by atoms with Gasteiger partial charge in [0.25, 0.3) is 5.91 Å². The molecule has 7 heteroatoms. The summed E-state index contributed by atoms with van der Waals surface area (Å²) in [6.07, 6.45) is 7.20. The lowest BCUT2D eigenvalue weighted by Crippen LogP contribution is -2.35. The minimum atomic E-state index is -0.168. The van der Waals surface area contributed by atoms with Crippen molar-refractivity contribution in [1.82, 2.24) is 19.9 Å². The predicted molar refractivity (Wildman–Crippen MR) is 125 cm³/mol. The first kappa shape index (κ1) is 20.4. The molecule has 162 valence electrons. The van der Waals surface area contributed by atoms with Crippen LogP contribution in [0.5, 0.6) is 0 Å². The number of aryl methyl sites for hydroxylation is 1. The van der Waals surface area contributed by atoms with E-state index in [9.17, 15) is 4.79 Å². The van der Waals surface area contributed by atoms with Crippen LogP contribution in [0.15, 0.2) is 61.2 Å². The summed E-state index contributed by atoms with van der Waals surface area (Å²) in [6, 6.07) is 12.0. The van der Waals surface area contributed by atoms with Crippen LogP contribution < -0.4 is 5.32 Å². The van der Waals surface area contributed by atoms with Crippen LogP contribution in [-0.2, 0) is 11.3 Å². The molecule has 1 aromatic carbocycles. The summed E-state index contributed by atoms with van der Waals surface area (Å²) >= 11 is 0. The number of hydrogen-bond donors (Lipinski definition) is 2. The van der Waals surface area contributed by atoms with Gasteiger partial charge < -0.3 is 15.0 Å². The number of hydrogen-bond acceptors (Lipinski definition) is 5. The molecule has 0 radical (unpaired) electrons. The Bertz CT molecular complexity index is 1240. The second-order valence-corrected chi connectivity index (χ2v) is 8.08.